The maximum absolute atomic E-state index is 12.9. The van der Waals surface area contributed by atoms with Crippen molar-refractivity contribution in [2.45, 2.75) is 66.6 Å². The van der Waals surface area contributed by atoms with Crippen LogP contribution in [-0.2, 0) is 9.59 Å². The first-order valence-corrected chi connectivity index (χ1v) is 10.7. The largest absolute Gasteiger partial charge is 0.513 e. The van der Waals surface area contributed by atoms with E-state index in [0.717, 1.165) is 18.5 Å². The minimum Gasteiger partial charge on any atom is -0.513 e. The van der Waals surface area contributed by atoms with Crippen molar-refractivity contribution < 1.29 is 14.7 Å². The summed E-state index contributed by atoms with van der Waals surface area (Å²) in [6.07, 6.45) is 7.07. The number of aliphatic hydroxyl groups is 1. The predicted octanol–water partition coefficient (Wildman–Crippen LogP) is 3.48. The highest BCUT2D eigenvalue weighted by atomic mass is 16.3. The SMILES string of the molecule is CCC(C)CN1CC2N(C/C(C=C(C)C)=C/C=C(\C)O)CCC(=O)N2C(C)C1=O. The third-order valence-corrected chi connectivity index (χ3v) is 5.74. The second-order valence-corrected chi connectivity index (χ2v) is 8.71. The van der Waals surface area contributed by atoms with E-state index in [1.807, 2.05) is 31.7 Å². The summed E-state index contributed by atoms with van der Waals surface area (Å²) < 4.78 is 0. The van der Waals surface area contributed by atoms with Crippen LogP contribution in [0.3, 0.4) is 0 Å². The molecule has 1 N–H and O–H groups in total. The predicted molar refractivity (Wildman–Crippen MR) is 116 cm³/mol. The zero-order valence-electron chi connectivity index (χ0n) is 18.8. The molecule has 2 aliphatic heterocycles. The molecule has 162 valence electrons. The lowest BCUT2D eigenvalue weighted by Gasteiger charge is -2.52. The molecule has 29 heavy (non-hydrogen) atoms. The average Bonchev–Trinajstić information content (AvgIpc) is 2.65. The zero-order valence-corrected chi connectivity index (χ0v) is 18.8. The number of allylic oxidation sites excluding steroid dienone is 4. The van der Waals surface area contributed by atoms with E-state index in [1.165, 1.54) is 5.57 Å². The van der Waals surface area contributed by atoms with Crippen LogP contribution in [0.1, 0.15) is 54.4 Å². The molecule has 2 fully saturated rings. The van der Waals surface area contributed by atoms with E-state index < -0.39 is 6.04 Å². The van der Waals surface area contributed by atoms with E-state index in [2.05, 4.69) is 24.8 Å². The molecule has 0 bridgehead atoms. The molecular weight excluding hydrogens is 366 g/mol. The Hall–Kier alpha value is -2.08. The van der Waals surface area contributed by atoms with Gasteiger partial charge in [-0.1, -0.05) is 38.0 Å². The molecule has 3 atom stereocenters. The van der Waals surface area contributed by atoms with Gasteiger partial charge in [0, 0.05) is 26.1 Å². The van der Waals surface area contributed by atoms with E-state index in [9.17, 15) is 14.7 Å². The van der Waals surface area contributed by atoms with Crippen LogP contribution in [0.25, 0.3) is 0 Å². The quantitative estimate of drug-likeness (QED) is 0.522. The Balaban J connectivity index is 2.29. The normalized spacial score (nSPS) is 25.2. The molecule has 0 aromatic heterocycles. The minimum absolute atomic E-state index is 0.0515. The lowest BCUT2D eigenvalue weighted by atomic mass is 10.0. The maximum Gasteiger partial charge on any atom is 0.245 e. The summed E-state index contributed by atoms with van der Waals surface area (Å²) in [6, 6.07) is -0.427. The monoisotopic (exact) mass is 403 g/mol. The summed E-state index contributed by atoms with van der Waals surface area (Å²) in [4.78, 5) is 31.6. The lowest BCUT2D eigenvalue weighted by molar-refractivity contribution is -0.168. The van der Waals surface area contributed by atoms with Crippen molar-refractivity contribution in [1.82, 2.24) is 14.7 Å². The second-order valence-electron chi connectivity index (χ2n) is 8.71. The average molecular weight is 404 g/mol. The highest BCUT2D eigenvalue weighted by Crippen LogP contribution is 2.27. The number of carbonyl (C=O) groups is 2. The molecular formula is C23H37N3O3. The first-order valence-electron chi connectivity index (χ1n) is 10.7. The number of hydrogen-bond donors (Lipinski definition) is 1. The fraction of sp³-hybridized carbons (Fsp3) is 0.652. The number of hydrogen-bond acceptors (Lipinski definition) is 4. The van der Waals surface area contributed by atoms with Crippen molar-refractivity contribution in [2.24, 2.45) is 5.92 Å². The lowest BCUT2D eigenvalue weighted by Crippen LogP contribution is -2.70. The van der Waals surface area contributed by atoms with Gasteiger partial charge in [-0.15, -0.1) is 0 Å². The molecule has 0 aromatic carbocycles. The molecule has 6 heteroatoms. The van der Waals surface area contributed by atoms with Gasteiger partial charge in [-0.25, -0.2) is 0 Å². The summed E-state index contributed by atoms with van der Waals surface area (Å²) in [5.41, 5.74) is 2.25. The molecule has 0 radical (unpaired) electrons. The summed E-state index contributed by atoms with van der Waals surface area (Å²) in [7, 11) is 0. The van der Waals surface area contributed by atoms with Crippen molar-refractivity contribution in [2.75, 3.05) is 26.2 Å². The van der Waals surface area contributed by atoms with Gasteiger partial charge in [0.15, 0.2) is 0 Å². The van der Waals surface area contributed by atoms with E-state index in [4.69, 9.17) is 0 Å². The Bertz CT molecular complexity index is 702. The van der Waals surface area contributed by atoms with E-state index >= 15 is 0 Å². The fourth-order valence-corrected chi connectivity index (χ4v) is 4.04. The Morgan fingerprint density at radius 3 is 2.52 bits per heavy atom. The van der Waals surface area contributed by atoms with Crippen molar-refractivity contribution in [3.63, 3.8) is 0 Å². The van der Waals surface area contributed by atoms with Gasteiger partial charge in [-0.3, -0.25) is 14.5 Å². The molecule has 0 spiro atoms. The second kappa shape index (κ2) is 10.1. The Morgan fingerprint density at radius 1 is 1.24 bits per heavy atom. The van der Waals surface area contributed by atoms with Crippen LogP contribution in [0.5, 0.6) is 0 Å². The number of amides is 2. The van der Waals surface area contributed by atoms with Gasteiger partial charge in [0.25, 0.3) is 0 Å². The Labute approximate surface area is 175 Å². The minimum atomic E-state index is -0.427. The highest BCUT2D eigenvalue weighted by molar-refractivity contribution is 5.89. The third kappa shape index (κ3) is 5.95. The molecule has 0 saturated carbocycles. The highest BCUT2D eigenvalue weighted by Gasteiger charge is 2.45. The van der Waals surface area contributed by atoms with Crippen LogP contribution < -0.4 is 0 Å². The van der Waals surface area contributed by atoms with Gasteiger partial charge in [0.05, 0.1) is 12.3 Å². The molecule has 6 nitrogen and oxygen atoms in total. The van der Waals surface area contributed by atoms with Gasteiger partial charge in [-0.2, -0.15) is 0 Å². The smallest absolute Gasteiger partial charge is 0.245 e. The van der Waals surface area contributed by atoms with Gasteiger partial charge < -0.3 is 14.9 Å². The number of nitrogens with zero attached hydrogens (tertiary/aromatic N) is 3. The summed E-state index contributed by atoms with van der Waals surface area (Å²) >= 11 is 0. The van der Waals surface area contributed by atoms with Gasteiger partial charge >= 0.3 is 0 Å². The number of aliphatic hydroxyl groups excluding tert-OH is 1. The molecule has 2 heterocycles. The van der Waals surface area contributed by atoms with Crippen molar-refractivity contribution in [1.29, 1.82) is 0 Å². The molecule has 0 aliphatic carbocycles. The van der Waals surface area contributed by atoms with Crippen LogP contribution in [0, 0.1) is 5.92 Å². The van der Waals surface area contributed by atoms with Crippen LogP contribution in [0.2, 0.25) is 0 Å². The van der Waals surface area contributed by atoms with E-state index in [-0.39, 0.29) is 23.7 Å². The molecule has 2 rings (SSSR count). The van der Waals surface area contributed by atoms with Crippen LogP contribution >= 0.6 is 0 Å². The molecule has 2 amide bonds. The van der Waals surface area contributed by atoms with Crippen LogP contribution in [0.15, 0.2) is 35.1 Å². The molecule has 3 unspecified atom stereocenters. The van der Waals surface area contributed by atoms with Gasteiger partial charge in [-0.05, 0) is 45.3 Å². The Kier molecular flexibility index (Phi) is 8.08. The Morgan fingerprint density at radius 2 is 1.93 bits per heavy atom. The van der Waals surface area contributed by atoms with Crippen LogP contribution in [-0.4, -0.2) is 70.0 Å². The summed E-state index contributed by atoms with van der Waals surface area (Å²) in [5, 5.41) is 9.55. The third-order valence-electron chi connectivity index (χ3n) is 5.74. The summed E-state index contributed by atoms with van der Waals surface area (Å²) in [5.74, 6) is 0.811. The van der Waals surface area contributed by atoms with Crippen molar-refractivity contribution in [3.05, 3.63) is 35.1 Å². The fourth-order valence-electron chi connectivity index (χ4n) is 4.04. The topological polar surface area (TPSA) is 64.1 Å². The molecule has 0 aromatic rings. The first kappa shape index (κ1) is 23.2. The first-order chi connectivity index (χ1) is 13.6. The van der Waals surface area contributed by atoms with Crippen LogP contribution in [0.4, 0.5) is 0 Å². The van der Waals surface area contributed by atoms with Gasteiger partial charge in [0.2, 0.25) is 11.8 Å². The van der Waals surface area contributed by atoms with Crippen molar-refractivity contribution in [3.8, 4) is 0 Å². The van der Waals surface area contributed by atoms with Gasteiger partial charge in [0.1, 0.15) is 12.2 Å². The maximum atomic E-state index is 12.9. The van der Waals surface area contributed by atoms with E-state index in [0.29, 0.717) is 32.0 Å². The number of rotatable bonds is 7. The van der Waals surface area contributed by atoms with E-state index in [1.54, 1.807) is 17.9 Å². The molecule has 2 aliphatic rings. The number of fused-ring (bicyclic) bond motifs is 1. The summed E-state index contributed by atoms with van der Waals surface area (Å²) in [6.45, 7) is 14.5. The number of piperazine rings is 1. The number of carbonyl (C=O) groups excluding carboxylic acids is 2. The standard InChI is InChI=1S/C23H37N3O3/c1-7-17(4)13-25-15-21-24(11-10-22(28)26(21)19(6)23(25)29)14-20(12-16(2)3)9-8-18(5)27/h8-9,12,17,19,21,27H,7,10-11,13-15H2,1-6H3/b18-8+,20-9+. The van der Waals surface area contributed by atoms with Crippen molar-refractivity contribution >= 4 is 11.8 Å². The zero-order chi connectivity index (χ0) is 21.7. The molecule has 2 saturated heterocycles.